The number of aromatic nitrogens is 4. The van der Waals surface area contributed by atoms with Crippen LogP contribution < -0.4 is 15.9 Å². The van der Waals surface area contributed by atoms with Gasteiger partial charge in [-0.05, 0) is 40.8 Å². The third kappa shape index (κ3) is 5.39. The van der Waals surface area contributed by atoms with E-state index in [0.717, 1.165) is 4.68 Å². The Morgan fingerprint density at radius 1 is 1.34 bits per heavy atom. The summed E-state index contributed by atoms with van der Waals surface area (Å²) in [6, 6.07) is 9.16. The second kappa shape index (κ2) is 9.30. The van der Waals surface area contributed by atoms with Gasteiger partial charge in [-0.3, -0.25) is 4.79 Å². The average Bonchev–Trinajstić information content (AvgIpc) is 3.07. The predicted molar refractivity (Wildman–Crippen MR) is 105 cm³/mol. The molecule has 0 fully saturated rings. The number of carbonyl (C=O) groups is 1. The molecule has 0 unspecified atom stereocenters. The third-order valence-electron chi connectivity index (χ3n) is 3.65. The molecule has 0 saturated carbocycles. The molecule has 0 aliphatic heterocycles. The number of carbonyl (C=O) groups excluding carboxylic acids is 1. The standard InChI is InChI=1S/C17H14Cl2FN7O2/c18-11-4-5-15(29-9-12-13(19)2-1-3-14(12)20)10(6-11)7-22-23-16(28)8-27-17(21)24-25-26-27/h1-7H,8-9H2,(H,23,28)(H2,21,24,26)/b22-7-. The number of rotatable bonds is 7. The molecule has 3 rings (SSSR count). The number of ether oxygens (including phenoxy) is 1. The fourth-order valence-corrected chi connectivity index (χ4v) is 2.64. The Bertz CT molecular complexity index is 1040. The molecule has 1 amide bonds. The summed E-state index contributed by atoms with van der Waals surface area (Å²) >= 11 is 12.0. The molecule has 0 radical (unpaired) electrons. The molecule has 9 nitrogen and oxygen atoms in total. The quantitative estimate of drug-likeness (QED) is 0.432. The molecule has 3 N–H and O–H groups in total. The summed E-state index contributed by atoms with van der Waals surface area (Å²) in [6.07, 6.45) is 1.34. The van der Waals surface area contributed by atoms with E-state index in [2.05, 4.69) is 26.1 Å². The Hall–Kier alpha value is -3.24. The van der Waals surface area contributed by atoms with E-state index in [1.807, 2.05) is 0 Å². The fourth-order valence-electron chi connectivity index (χ4n) is 2.24. The van der Waals surface area contributed by atoms with Gasteiger partial charge in [0.05, 0.1) is 11.2 Å². The van der Waals surface area contributed by atoms with Crippen molar-refractivity contribution in [2.75, 3.05) is 5.73 Å². The molecule has 0 bridgehead atoms. The van der Waals surface area contributed by atoms with Crippen LogP contribution in [0.3, 0.4) is 0 Å². The van der Waals surface area contributed by atoms with Crippen molar-refractivity contribution in [3.63, 3.8) is 0 Å². The highest BCUT2D eigenvalue weighted by Gasteiger charge is 2.10. The highest BCUT2D eigenvalue weighted by molar-refractivity contribution is 6.31. The monoisotopic (exact) mass is 437 g/mol. The highest BCUT2D eigenvalue weighted by atomic mass is 35.5. The van der Waals surface area contributed by atoms with Crippen molar-refractivity contribution in [1.29, 1.82) is 0 Å². The molecule has 29 heavy (non-hydrogen) atoms. The zero-order valence-corrected chi connectivity index (χ0v) is 16.2. The maximum Gasteiger partial charge on any atom is 0.261 e. The first-order valence-electron chi connectivity index (χ1n) is 8.13. The molecule has 0 spiro atoms. The number of amides is 1. The summed E-state index contributed by atoms with van der Waals surface area (Å²) in [4.78, 5) is 11.9. The van der Waals surface area contributed by atoms with Crippen LogP contribution >= 0.6 is 23.2 Å². The molecule has 0 saturated heterocycles. The Morgan fingerprint density at radius 3 is 2.90 bits per heavy atom. The second-order valence-corrected chi connectivity index (χ2v) is 6.50. The number of nitrogens with zero attached hydrogens (tertiary/aromatic N) is 5. The Labute approximate surface area is 174 Å². The van der Waals surface area contributed by atoms with E-state index in [1.54, 1.807) is 24.3 Å². The largest absolute Gasteiger partial charge is 0.488 e. The predicted octanol–water partition coefficient (Wildman–Crippen LogP) is 2.43. The molecule has 3 aromatic rings. The molecular formula is C17H14Cl2FN7O2. The third-order valence-corrected chi connectivity index (χ3v) is 4.24. The van der Waals surface area contributed by atoms with Gasteiger partial charge < -0.3 is 10.5 Å². The van der Waals surface area contributed by atoms with Gasteiger partial charge in [-0.15, -0.1) is 0 Å². The number of nitrogen functional groups attached to an aromatic ring is 1. The van der Waals surface area contributed by atoms with Crippen molar-refractivity contribution in [2.24, 2.45) is 5.10 Å². The molecule has 0 atom stereocenters. The lowest BCUT2D eigenvalue weighted by molar-refractivity contribution is -0.121. The van der Waals surface area contributed by atoms with Crippen LogP contribution in [0, 0.1) is 5.82 Å². The maximum absolute atomic E-state index is 13.9. The van der Waals surface area contributed by atoms with Crippen LogP contribution in [-0.2, 0) is 17.9 Å². The second-order valence-electron chi connectivity index (χ2n) is 5.66. The van der Waals surface area contributed by atoms with E-state index < -0.39 is 11.7 Å². The minimum Gasteiger partial charge on any atom is -0.488 e. The zero-order chi connectivity index (χ0) is 20.8. The van der Waals surface area contributed by atoms with Gasteiger partial charge in [-0.25, -0.2) is 14.5 Å². The summed E-state index contributed by atoms with van der Waals surface area (Å²) in [5.74, 6) is -0.600. The number of benzene rings is 2. The van der Waals surface area contributed by atoms with Crippen LogP contribution in [0.2, 0.25) is 10.0 Å². The van der Waals surface area contributed by atoms with Gasteiger partial charge in [0.15, 0.2) is 0 Å². The van der Waals surface area contributed by atoms with Gasteiger partial charge in [-0.2, -0.15) is 5.10 Å². The number of hydrogen-bond donors (Lipinski definition) is 2. The van der Waals surface area contributed by atoms with Crippen LogP contribution in [0.15, 0.2) is 41.5 Å². The molecule has 1 aromatic heterocycles. The van der Waals surface area contributed by atoms with E-state index in [0.29, 0.717) is 16.3 Å². The van der Waals surface area contributed by atoms with Gasteiger partial charge in [0.2, 0.25) is 5.95 Å². The van der Waals surface area contributed by atoms with Crippen LogP contribution in [-0.4, -0.2) is 32.3 Å². The summed E-state index contributed by atoms with van der Waals surface area (Å²) in [7, 11) is 0. The van der Waals surface area contributed by atoms with Crippen molar-refractivity contribution >= 4 is 41.3 Å². The first-order valence-corrected chi connectivity index (χ1v) is 8.88. The normalized spacial score (nSPS) is 11.0. The molecule has 0 aliphatic carbocycles. The topological polar surface area (TPSA) is 120 Å². The molecule has 150 valence electrons. The van der Waals surface area contributed by atoms with Gasteiger partial charge in [0, 0.05) is 16.1 Å². The van der Waals surface area contributed by atoms with Gasteiger partial charge >= 0.3 is 0 Å². The zero-order valence-electron chi connectivity index (χ0n) is 14.7. The average molecular weight is 438 g/mol. The molecule has 12 heteroatoms. The first-order chi connectivity index (χ1) is 13.9. The van der Waals surface area contributed by atoms with Gasteiger partial charge in [0.1, 0.15) is 24.7 Å². The number of anilines is 1. The minimum absolute atomic E-state index is 0.00135. The molecular weight excluding hydrogens is 424 g/mol. The lowest BCUT2D eigenvalue weighted by atomic mass is 10.2. The smallest absolute Gasteiger partial charge is 0.261 e. The van der Waals surface area contributed by atoms with Crippen molar-refractivity contribution in [1.82, 2.24) is 25.6 Å². The van der Waals surface area contributed by atoms with Crippen molar-refractivity contribution in [2.45, 2.75) is 13.2 Å². The van der Waals surface area contributed by atoms with Crippen LogP contribution in [0.4, 0.5) is 10.3 Å². The van der Waals surface area contributed by atoms with Gasteiger partial charge in [-0.1, -0.05) is 34.4 Å². The summed E-state index contributed by atoms with van der Waals surface area (Å²) in [5, 5.41) is 14.9. The molecule has 0 aliphatic rings. The molecule has 1 heterocycles. The van der Waals surface area contributed by atoms with E-state index >= 15 is 0 Å². The van der Waals surface area contributed by atoms with Crippen molar-refractivity contribution < 1.29 is 13.9 Å². The summed E-state index contributed by atoms with van der Waals surface area (Å²) in [5.41, 5.74) is 8.49. The summed E-state index contributed by atoms with van der Waals surface area (Å²) in [6.45, 7) is -0.306. The maximum atomic E-state index is 13.9. The fraction of sp³-hybridized carbons (Fsp3) is 0.118. The van der Waals surface area contributed by atoms with Crippen molar-refractivity contribution in [3.05, 3.63) is 63.4 Å². The molecule has 2 aromatic carbocycles. The van der Waals surface area contributed by atoms with Crippen molar-refractivity contribution in [3.8, 4) is 5.75 Å². The highest BCUT2D eigenvalue weighted by Crippen LogP contribution is 2.25. The minimum atomic E-state index is -0.497. The summed E-state index contributed by atoms with van der Waals surface area (Å²) < 4.78 is 20.7. The van der Waals surface area contributed by atoms with Crippen LogP contribution in [0.5, 0.6) is 5.75 Å². The van der Waals surface area contributed by atoms with Crippen LogP contribution in [0.1, 0.15) is 11.1 Å². The lowest BCUT2D eigenvalue weighted by Crippen LogP contribution is -2.24. The number of nitrogens with one attached hydrogen (secondary N) is 1. The number of hydrogen-bond acceptors (Lipinski definition) is 7. The van der Waals surface area contributed by atoms with Crippen LogP contribution in [0.25, 0.3) is 0 Å². The SMILES string of the molecule is Nc1nnnn1CC(=O)N/N=C\c1cc(Cl)ccc1OCc1c(F)cccc1Cl. The lowest BCUT2D eigenvalue weighted by Gasteiger charge is -2.11. The van der Waals surface area contributed by atoms with E-state index in [1.165, 1.54) is 18.3 Å². The first kappa shape index (κ1) is 20.5. The Morgan fingerprint density at radius 2 is 2.17 bits per heavy atom. The van der Waals surface area contributed by atoms with E-state index in [-0.39, 0.29) is 29.7 Å². The number of tetrazole rings is 1. The van der Waals surface area contributed by atoms with E-state index in [4.69, 9.17) is 33.7 Å². The number of nitrogens with two attached hydrogens (primary N) is 1. The number of halogens is 3. The number of hydrazone groups is 1. The van der Waals surface area contributed by atoms with E-state index in [9.17, 15) is 9.18 Å². The Kier molecular flexibility index (Phi) is 6.57. The Balaban J connectivity index is 1.67. The van der Waals surface area contributed by atoms with Gasteiger partial charge in [0.25, 0.3) is 5.91 Å².